The molecule has 0 aromatic carbocycles. The third kappa shape index (κ3) is 4.08. The molecule has 142 valence electrons. The molecule has 0 radical (unpaired) electrons. The average molecular weight is 392 g/mol. The zero-order chi connectivity index (χ0) is 19.3. The maximum Gasteiger partial charge on any atom is 0.190 e. The normalized spacial score (nSPS) is 10.9. The summed E-state index contributed by atoms with van der Waals surface area (Å²) in [5.41, 5.74) is 3.87. The van der Waals surface area contributed by atoms with Gasteiger partial charge >= 0.3 is 0 Å². The standard InChI is InChI=1S/C20H20N6OS/c1-26(11-12-27-2)15-7-10-22-18(13-15)25-20-24-17-4-3-16(23-19(17)28-20)14-5-8-21-9-6-14/h3-10,13H,11-12H2,1-2H3,(H,22,24,25). The van der Waals surface area contributed by atoms with Gasteiger partial charge in [-0.15, -0.1) is 0 Å². The number of pyridine rings is 3. The van der Waals surface area contributed by atoms with E-state index >= 15 is 0 Å². The van der Waals surface area contributed by atoms with Crippen LogP contribution in [0.4, 0.5) is 16.6 Å². The number of anilines is 3. The molecule has 0 aliphatic rings. The fraction of sp³-hybridized carbons (Fsp3) is 0.200. The summed E-state index contributed by atoms with van der Waals surface area (Å²) in [4.78, 5) is 20.8. The van der Waals surface area contributed by atoms with E-state index in [-0.39, 0.29) is 0 Å². The molecular formula is C20H20N6OS. The fourth-order valence-corrected chi connectivity index (χ4v) is 3.59. The molecule has 0 spiro atoms. The highest BCUT2D eigenvalue weighted by Gasteiger charge is 2.09. The molecule has 0 atom stereocenters. The summed E-state index contributed by atoms with van der Waals surface area (Å²) in [6.45, 7) is 1.48. The van der Waals surface area contributed by atoms with Crippen LogP contribution < -0.4 is 10.2 Å². The quantitative estimate of drug-likeness (QED) is 0.510. The largest absolute Gasteiger partial charge is 0.383 e. The molecule has 0 fully saturated rings. The summed E-state index contributed by atoms with van der Waals surface area (Å²) < 4.78 is 5.14. The van der Waals surface area contributed by atoms with Crippen molar-refractivity contribution in [3.05, 3.63) is 55.0 Å². The lowest BCUT2D eigenvalue weighted by molar-refractivity contribution is 0.206. The summed E-state index contributed by atoms with van der Waals surface area (Å²) in [6.07, 6.45) is 5.32. The Hall–Kier alpha value is -3.10. The van der Waals surface area contributed by atoms with Crippen LogP contribution in [-0.2, 0) is 4.74 Å². The molecule has 4 rings (SSSR count). The van der Waals surface area contributed by atoms with Crippen molar-refractivity contribution in [1.29, 1.82) is 0 Å². The zero-order valence-corrected chi connectivity index (χ0v) is 16.5. The van der Waals surface area contributed by atoms with Crippen molar-refractivity contribution in [1.82, 2.24) is 19.9 Å². The predicted molar refractivity (Wildman–Crippen MR) is 113 cm³/mol. The molecule has 0 saturated heterocycles. The van der Waals surface area contributed by atoms with Crippen molar-refractivity contribution in [3.63, 3.8) is 0 Å². The Balaban J connectivity index is 1.55. The second-order valence-corrected chi connectivity index (χ2v) is 7.19. The number of aromatic nitrogens is 4. The van der Waals surface area contributed by atoms with Crippen LogP contribution in [0, 0.1) is 0 Å². The van der Waals surface area contributed by atoms with E-state index < -0.39 is 0 Å². The number of likely N-dealkylation sites (N-methyl/N-ethyl adjacent to an activating group) is 1. The molecule has 1 N–H and O–H groups in total. The number of nitrogens with one attached hydrogen (secondary N) is 1. The Morgan fingerprint density at radius 2 is 1.93 bits per heavy atom. The Morgan fingerprint density at radius 3 is 2.75 bits per heavy atom. The molecule has 0 amide bonds. The second-order valence-electron chi connectivity index (χ2n) is 6.21. The first-order chi connectivity index (χ1) is 13.7. The van der Waals surface area contributed by atoms with Crippen molar-refractivity contribution >= 4 is 38.3 Å². The smallest absolute Gasteiger partial charge is 0.190 e. The monoisotopic (exact) mass is 392 g/mol. The molecule has 8 heteroatoms. The van der Waals surface area contributed by atoms with Crippen LogP contribution in [-0.4, -0.2) is 47.2 Å². The van der Waals surface area contributed by atoms with Crippen molar-refractivity contribution in [2.24, 2.45) is 0 Å². The van der Waals surface area contributed by atoms with E-state index in [1.807, 2.05) is 43.4 Å². The number of nitrogens with zero attached hydrogens (tertiary/aromatic N) is 5. The molecule has 0 unspecified atom stereocenters. The Morgan fingerprint density at radius 1 is 1.07 bits per heavy atom. The number of methoxy groups -OCH3 is 1. The average Bonchev–Trinajstić information content (AvgIpc) is 3.14. The molecule has 4 aromatic rings. The first-order valence-corrected chi connectivity index (χ1v) is 9.66. The van der Waals surface area contributed by atoms with Gasteiger partial charge in [0.15, 0.2) is 5.13 Å². The maximum absolute atomic E-state index is 5.14. The number of hydrogen-bond donors (Lipinski definition) is 1. The summed E-state index contributed by atoms with van der Waals surface area (Å²) >= 11 is 1.51. The molecule has 0 bridgehead atoms. The van der Waals surface area contributed by atoms with Crippen LogP contribution in [0.3, 0.4) is 0 Å². The van der Waals surface area contributed by atoms with Crippen molar-refractivity contribution in [2.45, 2.75) is 0 Å². The van der Waals surface area contributed by atoms with Gasteiger partial charge in [-0.2, -0.15) is 0 Å². The van der Waals surface area contributed by atoms with Crippen LogP contribution >= 0.6 is 11.3 Å². The van der Waals surface area contributed by atoms with Gasteiger partial charge in [-0.25, -0.2) is 15.0 Å². The highest BCUT2D eigenvalue weighted by Crippen LogP contribution is 2.29. The third-order valence-electron chi connectivity index (χ3n) is 4.28. The molecule has 4 aromatic heterocycles. The minimum Gasteiger partial charge on any atom is -0.383 e. The van der Waals surface area contributed by atoms with Gasteiger partial charge in [-0.1, -0.05) is 11.3 Å². The number of hydrogen-bond acceptors (Lipinski definition) is 8. The van der Waals surface area contributed by atoms with Crippen LogP contribution in [0.25, 0.3) is 21.6 Å². The highest BCUT2D eigenvalue weighted by molar-refractivity contribution is 7.21. The predicted octanol–water partition coefficient (Wildman–Crippen LogP) is 3.97. The molecule has 28 heavy (non-hydrogen) atoms. The summed E-state index contributed by atoms with van der Waals surface area (Å²) in [5.74, 6) is 0.746. The van der Waals surface area contributed by atoms with E-state index in [1.165, 1.54) is 11.3 Å². The van der Waals surface area contributed by atoms with E-state index in [2.05, 4.69) is 25.2 Å². The van der Waals surface area contributed by atoms with E-state index in [0.717, 1.165) is 44.8 Å². The van der Waals surface area contributed by atoms with Gasteiger partial charge in [0.05, 0.1) is 12.3 Å². The number of fused-ring (bicyclic) bond motifs is 1. The van der Waals surface area contributed by atoms with Crippen LogP contribution in [0.5, 0.6) is 0 Å². The Bertz CT molecular complexity index is 1070. The third-order valence-corrected chi connectivity index (χ3v) is 5.16. The molecule has 4 heterocycles. The molecule has 7 nitrogen and oxygen atoms in total. The van der Waals surface area contributed by atoms with Gasteiger partial charge in [0.25, 0.3) is 0 Å². The maximum atomic E-state index is 5.14. The van der Waals surface area contributed by atoms with Gasteiger partial charge in [-0.05, 0) is 30.3 Å². The van der Waals surface area contributed by atoms with Gasteiger partial charge < -0.3 is 15.0 Å². The lowest BCUT2D eigenvalue weighted by Crippen LogP contribution is -2.22. The highest BCUT2D eigenvalue weighted by atomic mass is 32.1. The topological polar surface area (TPSA) is 76.1 Å². The lowest BCUT2D eigenvalue weighted by atomic mass is 10.2. The lowest BCUT2D eigenvalue weighted by Gasteiger charge is -2.19. The Kier molecular flexibility index (Phi) is 5.41. The Labute approximate surface area is 167 Å². The second kappa shape index (κ2) is 8.28. The van der Waals surface area contributed by atoms with E-state index in [9.17, 15) is 0 Å². The molecule has 0 saturated carbocycles. The zero-order valence-electron chi connectivity index (χ0n) is 15.7. The van der Waals surface area contributed by atoms with Crippen molar-refractivity contribution < 1.29 is 4.74 Å². The van der Waals surface area contributed by atoms with Crippen molar-refractivity contribution in [2.75, 3.05) is 37.5 Å². The number of ether oxygens (including phenoxy) is 1. The SMILES string of the molecule is COCCN(C)c1ccnc(Nc2nc3ccc(-c4ccncc4)nc3s2)c1. The first-order valence-electron chi connectivity index (χ1n) is 8.84. The van der Waals surface area contributed by atoms with E-state index in [0.29, 0.717) is 6.61 Å². The number of rotatable bonds is 7. The van der Waals surface area contributed by atoms with Gasteiger partial charge in [0.2, 0.25) is 0 Å². The molecular weight excluding hydrogens is 372 g/mol. The van der Waals surface area contributed by atoms with Crippen LogP contribution in [0.15, 0.2) is 55.0 Å². The van der Waals surface area contributed by atoms with Gasteiger partial charge in [-0.3, -0.25) is 4.98 Å². The van der Waals surface area contributed by atoms with Crippen molar-refractivity contribution in [3.8, 4) is 11.3 Å². The summed E-state index contributed by atoms with van der Waals surface area (Å²) in [5, 5.41) is 4.05. The van der Waals surface area contributed by atoms with E-state index in [1.54, 1.807) is 25.7 Å². The molecule has 0 aliphatic carbocycles. The van der Waals surface area contributed by atoms with Gasteiger partial charge in [0, 0.05) is 56.6 Å². The molecule has 0 aliphatic heterocycles. The van der Waals surface area contributed by atoms with E-state index in [4.69, 9.17) is 9.72 Å². The number of thiazole rings is 1. The summed E-state index contributed by atoms with van der Waals surface area (Å²) in [7, 11) is 3.73. The fourth-order valence-electron chi connectivity index (χ4n) is 2.75. The van der Waals surface area contributed by atoms with Crippen LogP contribution in [0.1, 0.15) is 0 Å². The minimum absolute atomic E-state index is 0.672. The van der Waals surface area contributed by atoms with Gasteiger partial charge in [0.1, 0.15) is 16.2 Å². The minimum atomic E-state index is 0.672. The first kappa shape index (κ1) is 18.3. The van der Waals surface area contributed by atoms with Crippen LogP contribution in [0.2, 0.25) is 0 Å². The summed E-state index contributed by atoms with van der Waals surface area (Å²) in [6, 6.07) is 11.8.